The minimum atomic E-state index is 0.0111. The number of nitrogens with one attached hydrogen (secondary N) is 2. The van der Waals surface area contributed by atoms with E-state index in [-0.39, 0.29) is 5.91 Å². The average molecular weight is 330 g/mol. The third-order valence-corrected chi connectivity index (χ3v) is 5.26. The predicted octanol–water partition coefficient (Wildman–Crippen LogP) is 3.46. The fraction of sp³-hybridized carbons (Fsp3) is 0.667. The van der Waals surface area contributed by atoms with Crippen LogP contribution in [-0.4, -0.2) is 40.5 Å². The standard InChI is InChI=1S/C15H21Cl2N3O/c1-2-5-20(11-6-9-3-4-10(7-11)18-9)15(21)13-8-12(16)14(17)19-13/h8-11,18-19H,2-7H2,1H3. The monoisotopic (exact) mass is 329 g/mol. The molecule has 4 nitrogen and oxygen atoms in total. The number of amides is 1. The summed E-state index contributed by atoms with van der Waals surface area (Å²) in [5, 5.41) is 4.36. The Morgan fingerprint density at radius 2 is 2.00 bits per heavy atom. The molecule has 2 bridgehead atoms. The zero-order valence-electron chi connectivity index (χ0n) is 12.2. The van der Waals surface area contributed by atoms with Crippen LogP contribution in [0.3, 0.4) is 0 Å². The Morgan fingerprint density at radius 3 is 2.52 bits per heavy atom. The number of aromatic nitrogens is 1. The molecule has 3 heterocycles. The van der Waals surface area contributed by atoms with Crippen molar-refractivity contribution in [3.63, 3.8) is 0 Å². The van der Waals surface area contributed by atoms with Crippen molar-refractivity contribution in [3.8, 4) is 0 Å². The van der Waals surface area contributed by atoms with E-state index in [0.29, 0.717) is 34.0 Å². The maximum Gasteiger partial charge on any atom is 0.270 e. The van der Waals surface area contributed by atoms with Crippen molar-refractivity contribution in [1.82, 2.24) is 15.2 Å². The van der Waals surface area contributed by atoms with Crippen LogP contribution in [0.5, 0.6) is 0 Å². The molecule has 2 fully saturated rings. The Morgan fingerprint density at radius 1 is 1.33 bits per heavy atom. The Kier molecular flexibility index (Phi) is 4.48. The number of hydrogen-bond donors (Lipinski definition) is 2. The van der Waals surface area contributed by atoms with Gasteiger partial charge in [0.25, 0.3) is 5.91 Å². The second-order valence-corrected chi connectivity index (χ2v) is 6.89. The third-order valence-electron chi connectivity index (χ3n) is 4.57. The van der Waals surface area contributed by atoms with E-state index in [2.05, 4.69) is 17.2 Å². The number of piperidine rings is 1. The van der Waals surface area contributed by atoms with E-state index in [4.69, 9.17) is 23.2 Å². The highest BCUT2D eigenvalue weighted by Crippen LogP contribution is 2.31. The molecular weight excluding hydrogens is 309 g/mol. The lowest BCUT2D eigenvalue weighted by Gasteiger charge is -2.37. The molecule has 1 aromatic rings. The highest BCUT2D eigenvalue weighted by Gasteiger charge is 2.37. The quantitative estimate of drug-likeness (QED) is 0.888. The molecular formula is C15H21Cl2N3O. The van der Waals surface area contributed by atoms with Gasteiger partial charge >= 0.3 is 0 Å². The van der Waals surface area contributed by atoms with Crippen molar-refractivity contribution in [1.29, 1.82) is 0 Å². The maximum absolute atomic E-state index is 12.8. The third kappa shape index (κ3) is 3.08. The molecule has 0 aliphatic carbocycles. The number of hydrogen-bond acceptors (Lipinski definition) is 2. The largest absolute Gasteiger partial charge is 0.340 e. The summed E-state index contributed by atoms with van der Waals surface area (Å²) in [4.78, 5) is 17.7. The highest BCUT2D eigenvalue weighted by atomic mass is 35.5. The van der Waals surface area contributed by atoms with Crippen LogP contribution in [0.15, 0.2) is 6.07 Å². The van der Waals surface area contributed by atoms with E-state index in [0.717, 1.165) is 25.8 Å². The number of carbonyl (C=O) groups excluding carboxylic acids is 1. The molecule has 0 spiro atoms. The van der Waals surface area contributed by atoms with Gasteiger partial charge in [0.1, 0.15) is 10.8 Å². The molecule has 1 aromatic heterocycles. The Hall–Kier alpha value is -0.710. The van der Waals surface area contributed by atoms with Crippen molar-refractivity contribution < 1.29 is 4.79 Å². The fourth-order valence-electron chi connectivity index (χ4n) is 3.65. The summed E-state index contributed by atoms with van der Waals surface area (Å²) in [7, 11) is 0. The molecule has 1 amide bonds. The number of carbonyl (C=O) groups is 1. The van der Waals surface area contributed by atoms with Gasteiger partial charge in [-0.2, -0.15) is 0 Å². The summed E-state index contributed by atoms with van der Waals surface area (Å²) in [5.74, 6) is 0.0111. The molecule has 2 N–H and O–H groups in total. The zero-order chi connectivity index (χ0) is 15.0. The predicted molar refractivity (Wildman–Crippen MR) is 85.1 cm³/mol. The molecule has 116 valence electrons. The van der Waals surface area contributed by atoms with Gasteiger partial charge in [0, 0.05) is 24.7 Å². The smallest absolute Gasteiger partial charge is 0.270 e. The first kappa shape index (κ1) is 15.2. The number of halogens is 2. The lowest BCUT2D eigenvalue weighted by Crippen LogP contribution is -2.50. The van der Waals surface area contributed by atoms with E-state index in [1.165, 1.54) is 12.8 Å². The van der Waals surface area contributed by atoms with Crippen molar-refractivity contribution >= 4 is 29.1 Å². The van der Waals surface area contributed by atoms with E-state index >= 15 is 0 Å². The van der Waals surface area contributed by atoms with Crippen LogP contribution in [0.1, 0.15) is 49.5 Å². The normalized spacial score (nSPS) is 27.9. The Balaban J connectivity index is 1.78. The first-order valence-corrected chi connectivity index (χ1v) is 8.45. The average Bonchev–Trinajstić information content (AvgIpc) is 2.98. The van der Waals surface area contributed by atoms with E-state index in [9.17, 15) is 4.79 Å². The van der Waals surface area contributed by atoms with Crippen LogP contribution < -0.4 is 5.32 Å². The molecule has 2 unspecified atom stereocenters. The zero-order valence-corrected chi connectivity index (χ0v) is 13.7. The van der Waals surface area contributed by atoms with Gasteiger partial charge in [0.05, 0.1) is 5.02 Å². The van der Waals surface area contributed by atoms with Crippen LogP contribution in [0, 0.1) is 0 Å². The van der Waals surface area contributed by atoms with Crippen LogP contribution in [0.2, 0.25) is 10.2 Å². The van der Waals surface area contributed by atoms with Gasteiger partial charge < -0.3 is 15.2 Å². The number of fused-ring (bicyclic) bond motifs is 2. The number of aromatic amines is 1. The van der Waals surface area contributed by atoms with Gasteiger partial charge in [-0.05, 0) is 38.2 Å². The van der Waals surface area contributed by atoms with Gasteiger partial charge in [0.2, 0.25) is 0 Å². The van der Waals surface area contributed by atoms with Crippen molar-refractivity contribution in [2.24, 2.45) is 0 Å². The molecule has 2 saturated heterocycles. The Bertz CT molecular complexity index is 499. The molecule has 3 rings (SSSR count). The highest BCUT2D eigenvalue weighted by molar-refractivity contribution is 6.41. The number of H-pyrrole nitrogens is 1. The minimum absolute atomic E-state index is 0.0111. The first-order valence-electron chi connectivity index (χ1n) is 7.69. The van der Waals surface area contributed by atoms with Crippen molar-refractivity contribution in [3.05, 3.63) is 21.9 Å². The second-order valence-electron chi connectivity index (χ2n) is 6.11. The molecule has 0 radical (unpaired) electrons. The van der Waals surface area contributed by atoms with Gasteiger partial charge in [-0.1, -0.05) is 30.1 Å². The van der Waals surface area contributed by atoms with Gasteiger partial charge in [-0.3, -0.25) is 4.79 Å². The summed E-state index contributed by atoms with van der Waals surface area (Å²) in [5.41, 5.74) is 0.490. The minimum Gasteiger partial charge on any atom is -0.340 e. The summed E-state index contributed by atoms with van der Waals surface area (Å²) >= 11 is 11.9. The van der Waals surface area contributed by atoms with Gasteiger partial charge in [-0.15, -0.1) is 0 Å². The van der Waals surface area contributed by atoms with Gasteiger partial charge in [0.15, 0.2) is 0 Å². The molecule has 6 heteroatoms. The lowest BCUT2D eigenvalue weighted by atomic mass is 9.97. The van der Waals surface area contributed by atoms with E-state index in [1.807, 2.05) is 4.90 Å². The SMILES string of the molecule is CCCN(C(=O)c1cc(Cl)c(Cl)[nH]1)C1CC2CCC(C1)N2. The molecule has 2 atom stereocenters. The van der Waals surface area contributed by atoms with Crippen LogP contribution in [-0.2, 0) is 0 Å². The van der Waals surface area contributed by atoms with Crippen LogP contribution in [0.4, 0.5) is 0 Å². The van der Waals surface area contributed by atoms with E-state index in [1.54, 1.807) is 6.07 Å². The Labute approximate surface area is 135 Å². The molecule has 0 saturated carbocycles. The van der Waals surface area contributed by atoms with Gasteiger partial charge in [-0.25, -0.2) is 0 Å². The summed E-state index contributed by atoms with van der Waals surface area (Å²) in [6.07, 6.45) is 5.51. The lowest BCUT2D eigenvalue weighted by molar-refractivity contribution is 0.0611. The number of nitrogens with zero attached hydrogens (tertiary/aromatic N) is 1. The molecule has 0 aromatic carbocycles. The topological polar surface area (TPSA) is 48.1 Å². The van der Waals surface area contributed by atoms with Crippen molar-refractivity contribution in [2.45, 2.75) is 57.2 Å². The number of rotatable bonds is 4. The second kappa shape index (κ2) is 6.19. The maximum atomic E-state index is 12.8. The molecule has 21 heavy (non-hydrogen) atoms. The summed E-state index contributed by atoms with van der Waals surface area (Å²) in [6.45, 7) is 2.88. The van der Waals surface area contributed by atoms with Crippen LogP contribution in [0.25, 0.3) is 0 Å². The fourth-order valence-corrected chi connectivity index (χ4v) is 3.96. The van der Waals surface area contributed by atoms with Crippen molar-refractivity contribution in [2.75, 3.05) is 6.54 Å². The summed E-state index contributed by atoms with van der Waals surface area (Å²) < 4.78 is 0. The van der Waals surface area contributed by atoms with Crippen LogP contribution >= 0.6 is 23.2 Å². The summed E-state index contributed by atoms with van der Waals surface area (Å²) in [6, 6.07) is 3.08. The molecule has 2 aliphatic heterocycles. The molecule has 2 aliphatic rings. The van der Waals surface area contributed by atoms with E-state index < -0.39 is 0 Å². The first-order chi connectivity index (χ1) is 10.1.